The van der Waals surface area contributed by atoms with Crippen molar-refractivity contribution >= 4 is 12.0 Å². The summed E-state index contributed by atoms with van der Waals surface area (Å²) in [6, 6.07) is 10.4. The molecule has 0 bridgehead atoms. The minimum Gasteiger partial charge on any atom is -0.339 e. The molecule has 1 N–H and O–H groups in total. The van der Waals surface area contributed by atoms with Gasteiger partial charge in [0.15, 0.2) is 0 Å². The van der Waals surface area contributed by atoms with E-state index in [1.54, 1.807) is 0 Å². The Hall–Kier alpha value is -1.65. The number of rotatable bonds is 8. The summed E-state index contributed by atoms with van der Waals surface area (Å²) in [4.78, 5) is 16.6. The second-order valence-corrected chi connectivity index (χ2v) is 6.85. The molecular weight excluding hydrogens is 298 g/mol. The van der Waals surface area contributed by atoms with Gasteiger partial charge in [-0.25, -0.2) is 0 Å². The molecule has 2 rings (SSSR count). The highest BCUT2D eigenvalue weighted by Crippen LogP contribution is 2.05. The molecule has 0 aromatic heterocycles. The smallest absolute Gasteiger partial charge is 0.236 e. The Kier molecular flexibility index (Phi) is 7.99. The van der Waals surface area contributed by atoms with Gasteiger partial charge in [-0.3, -0.25) is 9.69 Å². The summed E-state index contributed by atoms with van der Waals surface area (Å²) in [5.74, 6) is 0.915. The summed E-state index contributed by atoms with van der Waals surface area (Å²) in [6.45, 7) is 10.3. The average molecular weight is 329 g/mol. The van der Waals surface area contributed by atoms with Gasteiger partial charge in [-0.05, 0) is 24.4 Å². The summed E-state index contributed by atoms with van der Waals surface area (Å²) in [6.07, 6.45) is 5.49. The highest BCUT2D eigenvalue weighted by Gasteiger charge is 2.19. The molecule has 1 saturated heterocycles. The van der Waals surface area contributed by atoms with Gasteiger partial charge < -0.3 is 10.2 Å². The lowest BCUT2D eigenvalue weighted by molar-refractivity contribution is -0.131. The van der Waals surface area contributed by atoms with Crippen molar-refractivity contribution in [2.24, 2.45) is 5.92 Å². The summed E-state index contributed by atoms with van der Waals surface area (Å²) < 4.78 is 0. The van der Waals surface area contributed by atoms with Gasteiger partial charge in [0.1, 0.15) is 0 Å². The van der Waals surface area contributed by atoms with Gasteiger partial charge in [-0.15, -0.1) is 0 Å². The molecule has 1 aliphatic rings. The molecule has 0 aliphatic carbocycles. The monoisotopic (exact) mass is 329 g/mol. The molecule has 0 saturated carbocycles. The molecule has 0 atom stereocenters. The predicted molar refractivity (Wildman–Crippen MR) is 101 cm³/mol. The molecule has 1 aromatic carbocycles. The van der Waals surface area contributed by atoms with Crippen LogP contribution in [0.3, 0.4) is 0 Å². The van der Waals surface area contributed by atoms with Crippen LogP contribution in [0.25, 0.3) is 6.08 Å². The highest BCUT2D eigenvalue weighted by atomic mass is 16.2. The van der Waals surface area contributed by atoms with Gasteiger partial charge in [-0.2, -0.15) is 0 Å². The van der Waals surface area contributed by atoms with E-state index in [1.807, 2.05) is 11.0 Å². The van der Waals surface area contributed by atoms with Crippen LogP contribution in [-0.4, -0.2) is 61.5 Å². The maximum atomic E-state index is 12.2. The largest absolute Gasteiger partial charge is 0.339 e. The summed E-state index contributed by atoms with van der Waals surface area (Å²) >= 11 is 0. The lowest BCUT2D eigenvalue weighted by Crippen LogP contribution is -2.50. The molecule has 0 radical (unpaired) electrons. The van der Waals surface area contributed by atoms with Crippen molar-refractivity contribution in [3.8, 4) is 0 Å². The van der Waals surface area contributed by atoms with Crippen molar-refractivity contribution in [1.82, 2.24) is 15.1 Å². The van der Waals surface area contributed by atoms with E-state index in [4.69, 9.17) is 0 Å². The molecule has 4 nitrogen and oxygen atoms in total. The van der Waals surface area contributed by atoms with Crippen molar-refractivity contribution in [3.05, 3.63) is 42.0 Å². The van der Waals surface area contributed by atoms with Crippen LogP contribution in [0, 0.1) is 5.92 Å². The zero-order valence-electron chi connectivity index (χ0n) is 15.1. The zero-order valence-corrected chi connectivity index (χ0v) is 15.1. The van der Waals surface area contributed by atoms with Crippen molar-refractivity contribution in [3.63, 3.8) is 0 Å². The SMILES string of the molecule is CC(C)CCNCC(=O)N1CCN(C/C=C/c2ccccc2)CC1. The van der Waals surface area contributed by atoms with Crippen LogP contribution in [0.1, 0.15) is 25.8 Å². The third-order valence-corrected chi connectivity index (χ3v) is 4.37. The fourth-order valence-corrected chi connectivity index (χ4v) is 2.78. The number of piperazine rings is 1. The second-order valence-electron chi connectivity index (χ2n) is 6.85. The van der Waals surface area contributed by atoms with Gasteiger partial charge in [0.2, 0.25) is 5.91 Å². The van der Waals surface area contributed by atoms with E-state index in [0.29, 0.717) is 12.5 Å². The minimum atomic E-state index is 0.234. The Morgan fingerprint density at radius 1 is 1.17 bits per heavy atom. The fraction of sp³-hybridized carbons (Fsp3) is 0.550. The molecule has 1 aromatic rings. The minimum absolute atomic E-state index is 0.234. The van der Waals surface area contributed by atoms with E-state index in [-0.39, 0.29) is 5.91 Å². The molecule has 0 spiro atoms. The molecule has 1 fully saturated rings. The van der Waals surface area contributed by atoms with Gasteiger partial charge in [0.05, 0.1) is 6.54 Å². The number of carbonyl (C=O) groups excluding carboxylic acids is 1. The number of nitrogens with one attached hydrogen (secondary N) is 1. The quantitative estimate of drug-likeness (QED) is 0.744. The maximum Gasteiger partial charge on any atom is 0.236 e. The molecule has 4 heteroatoms. The first-order chi connectivity index (χ1) is 11.6. The zero-order chi connectivity index (χ0) is 17.2. The molecular formula is C20H31N3O. The van der Waals surface area contributed by atoms with Crippen LogP contribution < -0.4 is 5.32 Å². The topological polar surface area (TPSA) is 35.6 Å². The Balaban J connectivity index is 1.62. The van der Waals surface area contributed by atoms with Crippen molar-refractivity contribution < 1.29 is 4.79 Å². The summed E-state index contributed by atoms with van der Waals surface area (Å²) in [5.41, 5.74) is 1.23. The van der Waals surface area contributed by atoms with Gasteiger partial charge >= 0.3 is 0 Å². The normalized spacial score (nSPS) is 16.2. The maximum absolute atomic E-state index is 12.2. The molecule has 0 unspecified atom stereocenters. The third kappa shape index (κ3) is 6.85. The van der Waals surface area contributed by atoms with Crippen LogP contribution in [-0.2, 0) is 4.79 Å². The van der Waals surface area contributed by atoms with E-state index in [9.17, 15) is 4.79 Å². The summed E-state index contributed by atoms with van der Waals surface area (Å²) in [5, 5.41) is 3.26. The number of carbonyl (C=O) groups is 1. The van der Waals surface area contributed by atoms with E-state index >= 15 is 0 Å². The highest BCUT2D eigenvalue weighted by molar-refractivity contribution is 5.78. The molecule has 1 amide bonds. The van der Waals surface area contributed by atoms with Gasteiger partial charge in [0, 0.05) is 32.7 Å². The van der Waals surface area contributed by atoms with Crippen molar-refractivity contribution in [2.45, 2.75) is 20.3 Å². The van der Waals surface area contributed by atoms with Crippen LogP contribution in [0.4, 0.5) is 0 Å². The van der Waals surface area contributed by atoms with Crippen LogP contribution >= 0.6 is 0 Å². The van der Waals surface area contributed by atoms with Crippen molar-refractivity contribution in [2.75, 3.05) is 45.8 Å². The first kappa shape index (κ1) is 18.7. The Bertz CT molecular complexity index is 505. The van der Waals surface area contributed by atoms with Gasteiger partial charge in [0.25, 0.3) is 0 Å². The molecule has 132 valence electrons. The lowest BCUT2D eigenvalue weighted by Gasteiger charge is -2.34. The lowest BCUT2D eigenvalue weighted by atomic mass is 10.1. The van der Waals surface area contributed by atoms with E-state index in [2.05, 4.69) is 60.5 Å². The van der Waals surface area contributed by atoms with Crippen molar-refractivity contribution in [1.29, 1.82) is 0 Å². The second kappa shape index (κ2) is 10.3. The number of hydrogen-bond acceptors (Lipinski definition) is 3. The van der Waals surface area contributed by atoms with Crippen LogP contribution in [0.2, 0.25) is 0 Å². The first-order valence-electron chi connectivity index (χ1n) is 9.07. The summed E-state index contributed by atoms with van der Waals surface area (Å²) in [7, 11) is 0. The van der Waals surface area contributed by atoms with Crippen LogP contribution in [0.15, 0.2) is 36.4 Å². The number of amides is 1. The first-order valence-corrected chi connectivity index (χ1v) is 9.07. The molecule has 24 heavy (non-hydrogen) atoms. The number of hydrogen-bond donors (Lipinski definition) is 1. The van der Waals surface area contributed by atoms with Gasteiger partial charge in [-0.1, -0.05) is 56.3 Å². The van der Waals surface area contributed by atoms with E-state index in [0.717, 1.165) is 45.7 Å². The third-order valence-electron chi connectivity index (χ3n) is 4.37. The molecule has 1 heterocycles. The molecule has 1 aliphatic heterocycles. The number of nitrogens with zero attached hydrogens (tertiary/aromatic N) is 2. The fourth-order valence-electron chi connectivity index (χ4n) is 2.78. The Labute approximate surface area is 146 Å². The average Bonchev–Trinajstić information content (AvgIpc) is 2.60. The predicted octanol–water partition coefficient (Wildman–Crippen LogP) is 2.48. The van der Waals surface area contributed by atoms with Crippen LogP contribution in [0.5, 0.6) is 0 Å². The van der Waals surface area contributed by atoms with E-state index in [1.165, 1.54) is 5.56 Å². The number of benzene rings is 1. The Morgan fingerprint density at radius 2 is 1.88 bits per heavy atom. The van der Waals surface area contributed by atoms with E-state index < -0.39 is 0 Å². The Morgan fingerprint density at radius 3 is 2.54 bits per heavy atom. The standard InChI is InChI=1S/C20H31N3O/c1-18(2)10-11-21-17-20(24)23-15-13-22(14-16-23)12-6-9-19-7-4-3-5-8-19/h3-9,18,21H,10-17H2,1-2H3/b9-6+.